The van der Waals surface area contributed by atoms with Crippen molar-refractivity contribution in [3.63, 3.8) is 0 Å². The van der Waals surface area contributed by atoms with Gasteiger partial charge in [0.05, 0.1) is 25.5 Å². The van der Waals surface area contributed by atoms with Crippen molar-refractivity contribution in [1.82, 2.24) is 10.2 Å². The van der Waals surface area contributed by atoms with E-state index >= 15 is 0 Å². The second kappa shape index (κ2) is 7.93. The first-order valence-electron chi connectivity index (χ1n) is 6.29. The van der Waals surface area contributed by atoms with E-state index in [0.29, 0.717) is 19.7 Å². The molecule has 3 N–H and O–H groups in total. The van der Waals surface area contributed by atoms with Crippen LogP contribution in [0.5, 0.6) is 0 Å². The molecule has 2 unspecified atom stereocenters. The number of hydrogen-bond acceptors (Lipinski definition) is 5. The van der Waals surface area contributed by atoms with E-state index in [1.807, 2.05) is 24.9 Å². The quantitative estimate of drug-likeness (QED) is 0.704. The first-order valence-corrected chi connectivity index (χ1v) is 6.29. The van der Waals surface area contributed by atoms with Crippen molar-refractivity contribution in [3.8, 4) is 0 Å². The summed E-state index contributed by atoms with van der Waals surface area (Å²) in [7, 11) is 3.48. The van der Waals surface area contributed by atoms with Gasteiger partial charge in [0.1, 0.15) is 5.76 Å². The van der Waals surface area contributed by atoms with Crippen LogP contribution in [0.25, 0.3) is 0 Å². The van der Waals surface area contributed by atoms with Gasteiger partial charge in [-0.3, -0.25) is 9.69 Å². The zero-order valence-electron chi connectivity index (χ0n) is 11.8. The van der Waals surface area contributed by atoms with Crippen molar-refractivity contribution in [2.45, 2.75) is 25.6 Å². The number of rotatable bonds is 8. The monoisotopic (exact) mass is 269 g/mol. The lowest BCUT2D eigenvalue weighted by Crippen LogP contribution is -2.48. The molecule has 0 aliphatic rings. The largest absolute Gasteiger partial charge is 0.467 e. The fraction of sp³-hybridized carbons (Fsp3) is 0.615. The highest BCUT2D eigenvalue weighted by Crippen LogP contribution is 2.01. The number of carbonyl (C=O) groups is 1. The third-order valence-corrected chi connectivity index (χ3v) is 2.96. The number of nitrogens with one attached hydrogen (secondary N) is 1. The summed E-state index contributed by atoms with van der Waals surface area (Å²) in [6, 6.07) is 3.26. The van der Waals surface area contributed by atoms with Crippen LogP contribution in [0.3, 0.4) is 0 Å². The van der Waals surface area contributed by atoms with Gasteiger partial charge in [-0.2, -0.15) is 0 Å². The number of carbonyl (C=O) groups excluding carboxylic acids is 1. The zero-order valence-corrected chi connectivity index (χ0v) is 11.8. The molecule has 1 rings (SSSR count). The highest BCUT2D eigenvalue weighted by Gasteiger charge is 2.19. The normalized spacial score (nSPS) is 14.4. The Morgan fingerprint density at radius 3 is 2.95 bits per heavy atom. The minimum Gasteiger partial charge on any atom is -0.467 e. The number of ether oxygens (including phenoxy) is 1. The number of furan rings is 1. The maximum absolute atomic E-state index is 12.0. The van der Waals surface area contributed by atoms with Gasteiger partial charge >= 0.3 is 0 Å². The van der Waals surface area contributed by atoms with E-state index in [0.717, 1.165) is 5.76 Å². The molecule has 1 amide bonds. The molecule has 0 saturated heterocycles. The predicted molar refractivity (Wildman–Crippen MR) is 72.5 cm³/mol. The zero-order chi connectivity index (χ0) is 14.3. The molecule has 0 spiro atoms. The highest BCUT2D eigenvalue weighted by atomic mass is 16.5. The fourth-order valence-electron chi connectivity index (χ4n) is 1.73. The summed E-state index contributed by atoms with van der Waals surface area (Å²) in [5.41, 5.74) is 5.86. The van der Waals surface area contributed by atoms with E-state index in [1.165, 1.54) is 0 Å². The number of methoxy groups -OCH3 is 1. The third kappa shape index (κ3) is 5.42. The van der Waals surface area contributed by atoms with E-state index in [2.05, 4.69) is 5.32 Å². The van der Waals surface area contributed by atoms with Crippen LogP contribution in [-0.4, -0.2) is 50.2 Å². The molecule has 6 heteroatoms. The van der Waals surface area contributed by atoms with Crippen LogP contribution in [0.15, 0.2) is 22.8 Å². The molecule has 0 bridgehead atoms. The number of hydrogen-bond donors (Lipinski definition) is 2. The van der Waals surface area contributed by atoms with Crippen LogP contribution in [-0.2, 0) is 16.1 Å². The topological polar surface area (TPSA) is 80.7 Å². The SMILES string of the molecule is COCC(N)CN(C)C(C)C(=O)NCc1ccco1. The summed E-state index contributed by atoms with van der Waals surface area (Å²) in [4.78, 5) is 13.9. The van der Waals surface area contributed by atoms with Gasteiger partial charge in [0.15, 0.2) is 0 Å². The average Bonchev–Trinajstić information content (AvgIpc) is 2.88. The molecular formula is C13H23N3O3. The molecule has 108 valence electrons. The third-order valence-electron chi connectivity index (χ3n) is 2.96. The Balaban J connectivity index is 2.34. The minimum atomic E-state index is -0.252. The summed E-state index contributed by atoms with van der Waals surface area (Å²) < 4.78 is 10.1. The molecule has 0 saturated carbocycles. The standard InChI is InChI=1S/C13H23N3O3/c1-10(16(2)8-11(14)9-18-3)13(17)15-7-12-5-4-6-19-12/h4-6,10-11H,7-9,14H2,1-3H3,(H,15,17). The molecule has 1 heterocycles. The second-order valence-electron chi connectivity index (χ2n) is 4.63. The number of nitrogens with zero attached hydrogens (tertiary/aromatic N) is 1. The molecule has 0 fully saturated rings. The summed E-state index contributed by atoms with van der Waals surface area (Å²) in [6.07, 6.45) is 1.58. The van der Waals surface area contributed by atoms with Crippen molar-refractivity contribution < 1.29 is 13.9 Å². The molecule has 0 radical (unpaired) electrons. The van der Waals surface area contributed by atoms with E-state index in [-0.39, 0.29) is 18.0 Å². The minimum absolute atomic E-state index is 0.0523. The van der Waals surface area contributed by atoms with Crippen LogP contribution < -0.4 is 11.1 Å². The molecule has 1 aromatic heterocycles. The second-order valence-corrected chi connectivity index (χ2v) is 4.63. The van der Waals surface area contributed by atoms with Crippen molar-refractivity contribution >= 4 is 5.91 Å². The molecule has 0 aromatic carbocycles. The van der Waals surface area contributed by atoms with Gasteiger partial charge in [-0.25, -0.2) is 0 Å². The molecule has 0 aliphatic carbocycles. The summed E-state index contributed by atoms with van der Waals surface area (Å²) in [5, 5.41) is 2.82. The summed E-state index contributed by atoms with van der Waals surface area (Å²) in [5.74, 6) is 0.683. The average molecular weight is 269 g/mol. The van der Waals surface area contributed by atoms with E-state index in [4.69, 9.17) is 14.9 Å². The lowest BCUT2D eigenvalue weighted by atomic mass is 10.2. The Bertz CT molecular complexity index is 367. The van der Waals surface area contributed by atoms with Gasteiger partial charge in [-0.05, 0) is 26.1 Å². The maximum Gasteiger partial charge on any atom is 0.237 e. The Kier molecular flexibility index (Phi) is 6.55. The number of amides is 1. The summed E-state index contributed by atoms with van der Waals surface area (Å²) >= 11 is 0. The molecule has 19 heavy (non-hydrogen) atoms. The van der Waals surface area contributed by atoms with Crippen LogP contribution in [0.4, 0.5) is 0 Å². The molecule has 6 nitrogen and oxygen atoms in total. The van der Waals surface area contributed by atoms with Crippen LogP contribution >= 0.6 is 0 Å². The number of nitrogens with two attached hydrogens (primary N) is 1. The first kappa shape index (κ1) is 15.7. The van der Waals surface area contributed by atoms with E-state index < -0.39 is 0 Å². The first-order chi connectivity index (χ1) is 9.04. The molecule has 2 atom stereocenters. The van der Waals surface area contributed by atoms with Gasteiger partial charge in [-0.1, -0.05) is 0 Å². The Labute approximate surface area is 113 Å². The van der Waals surface area contributed by atoms with Crippen LogP contribution in [0, 0.1) is 0 Å². The van der Waals surface area contributed by atoms with Gasteiger partial charge in [0.2, 0.25) is 5.91 Å². The Hall–Kier alpha value is -1.37. The molecule has 0 aliphatic heterocycles. The molecular weight excluding hydrogens is 246 g/mol. The lowest BCUT2D eigenvalue weighted by molar-refractivity contribution is -0.125. The lowest BCUT2D eigenvalue weighted by Gasteiger charge is -2.26. The van der Waals surface area contributed by atoms with Crippen molar-refractivity contribution in [1.29, 1.82) is 0 Å². The smallest absolute Gasteiger partial charge is 0.237 e. The summed E-state index contributed by atoms with van der Waals surface area (Å²) in [6.45, 7) is 3.32. The van der Waals surface area contributed by atoms with Crippen molar-refractivity contribution in [2.75, 3.05) is 27.3 Å². The number of likely N-dealkylation sites (N-methyl/N-ethyl adjacent to an activating group) is 1. The van der Waals surface area contributed by atoms with Crippen LogP contribution in [0.1, 0.15) is 12.7 Å². The van der Waals surface area contributed by atoms with Gasteiger partial charge in [-0.15, -0.1) is 0 Å². The predicted octanol–water partition coefficient (Wildman–Crippen LogP) is 0.190. The Morgan fingerprint density at radius 1 is 1.63 bits per heavy atom. The Morgan fingerprint density at radius 2 is 2.37 bits per heavy atom. The highest BCUT2D eigenvalue weighted by molar-refractivity contribution is 5.81. The van der Waals surface area contributed by atoms with Crippen molar-refractivity contribution in [3.05, 3.63) is 24.2 Å². The molecule has 1 aromatic rings. The maximum atomic E-state index is 12.0. The van der Waals surface area contributed by atoms with Crippen LogP contribution in [0.2, 0.25) is 0 Å². The van der Waals surface area contributed by atoms with Crippen molar-refractivity contribution in [2.24, 2.45) is 5.73 Å². The van der Waals surface area contributed by atoms with Gasteiger partial charge < -0.3 is 20.2 Å². The van der Waals surface area contributed by atoms with E-state index in [1.54, 1.807) is 19.4 Å². The van der Waals surface area contributed by atoms with Gasteiger partial charge in [0.25, 0.3) is 0 Å². The van der Waals surface area contributed by atoms with E-state index in [9.17, 15) is 4.79 Å². The van der Waals surface area contributed by atoms with Gasteiger partial charge in [0, 0.05) is 19.7 Å². The fourth-order valence-corrected chi connectivity index (χ4v) is 1.73.